The first kappa shape index (κ1) is 68.7. The van der Waals surface area contributed by atoms with Gasteiger partial charge in [-0.3, -0.25) is 82.8 Å². The van der Waals surface area contributed by atoms with Crippen LogP contribution in [0.15, 0.2) is 0 Å². The summed E-state index contributed by atoms with van der Waals surface area (Å²) in [4.78, 5) is 221. The average Bonchev–Trinajstić information content (AvgIpc) is 1.61. The first-order chi connectivity index (χ1) is 44.9. The number of carbonyl (C=O) groups excluding carboxylic acids is 15. The van der Waals surface area contributed by atoms with Gasteiger partial charge in [0, 0.05) is 122 Å². The predicted octanol–water partition coefficient (Wildman–Crippen LogP) is -6.99. The van der Waals surface area contributed by atoms with Crippen LogP contribution in [-0.4, -0.2) is 288 Å². The summed E-state index contributed by atoms with van der Waals surface area (Å²) in [5.74, 6) is 2.71. The van der Waals surface area contributed by atoms with E-state index < -0.39 is 173 Å². The van der Waals surface area contributed by atoms with Crippen molar-refractivity contribution in [2.24, 2.45) is 28.9 Å². The summed E-state index contributed by atoms with van der Waals surface area (Å²) in [7, 11) is 0. The molecule has 34 nitrogen and oxygen atoms in total. The molecule has 0 aromatic rings. The summed E-state index contributed by atoms with van der Waals surface area (Å²) >= 11 is 0. The number of likely N-dealkylation sites (tertiary alicyclic amines) is 10. The SMILES string of the molecule is CC(=O)N1C[C@@H](NC(=O)CCC(=O)NN)C[C@H]1C(=O)N1CCC[C@H]1C(=O)N1CCC[C@H]1C(=O)N1C[C@@H](N)C[C@H]1C(=O)N1CCC[C@H]1C(=O)N1CCC[C@H]1C(=O)N1C[C@@H](N)C[C@H]1C(=O)N1CCC[C@H]1C(=O)N1CCC[C@H]1C(=O)N1C[C@@H](NC(=O)CCC(=O)NN)C[C@H]1C(N)=O. The highest BCUT2D eigenvalue weighted by Crippen LogP contribution is 2.36. The Morgan fingerprint density at radius 2 is 0.564 bits per heavy atom. The molecule has 94 heavy (non-hydrogen) atoms. The minimum atomic E-state index is -1.08. The van der Waals surface area contributed by atoms with Crippen molar-refractivity contribution in [1.29, 1.82) is 0 Å². The highest BCUT2D eigenvalue weighted by Gasteiger charge is 2.54. The molecular formula is C60H91N19O15. The van der Waals surface area contributed by atoms with E-state index in [0.717, 1.165) is 0 Å². The number of rotatable bonds is 18. The maximum Gasteiger partial charge on any atom is 0.246 e. The van der Waals surface area contributed by atoms with E-state index in [1.54, 1.807) is 0 Å². The molecule has 0 aliphatic carbocycles. The third kappa shape index (κ3) is 14.1. The lowest BCUT2D eigenvalue weighted by molar-refractivity contribution is -0.155. The smallest absolute Gasteiger partial charge is 0.246 e. The van der Waals surface area contributed by atoms with E-state index >= 15 is 0 Å². The van der Waals surface area contributed by atoms with Gasteiger partial charge >= 0.3 is 0 Å². The molecule has 0 aromatic carbocycles. The van der Waals surface area contributed by atoms with Crippen LogP contribution < -0.4 is 50.4 Å². The summed E-state index contributed by atoms with van der Waals surface area (Å²) < 4.78 is 0. The van der Waals surface area contributed by atoms with Crippen LogP contribution >= 0.6 is 0 Å². The quantitative estimate of drug-likeness (QED) is 0.0350. The fraction of sp³-hybridized carbons (Fsp3) is 0.750. The molecule has 0 aromatic heterocycles. The maximum absolute atomic E-state index is 14.9. The molecule has 0 saturated carbocycles. The molecule has 10 aliphatic rings. The number of carbonyl (C=O) groups is 15. The first-order valence-electron chi connectivity index (χ1n) is 33.3. The van der Waals surface area contributed by atoms with Gasteiger partial charge < -0.3 is 76.8 Å². The van der Waals surface area contributed by atoms with Gasteiger partial charge in [0.2, 0.25) is 88.6 Å². The second-order valence-electron chi connectivity index (χ2n) is 26.9. The van der Waals surface area contributed by atoms with Crippen LogP contribution in [0.4, 0.5) is 0 Å². The van der Waals surface area contributed by atoms with Crippen LogP contribution in [0, 0.1) is 0 Å². The van der Waals surface area contributed by atoms with Gasteiger partial charge in [0.05, 0.1) is 0 Å². The van der Waals surface area contributed by atoms with Gasteiger partial charge in [-0.05, 0) is 103 Å². The predicted molar refractivity (Wildman–Crippen MR) is 327 cm³/mol. The summed E-state index contributed by atoms with van der Waals surface area (Å²) in [5, 5.41) is 5.54. The number of hydrogen-bond acceptors (Lipinski definition) is 19. The summed E-state index contributed by atoms with van der Waals surface area (Å²) in [6, 6.07) is -12.6. The monoisotopic (exact) mass is 1320 g/mol. The van der Waals surface area contributed by atoms with Crippen LogP contribution in [0.25, 0.3) is 0 Å². The molecule has 10 heterocycles. The fourth-order valence-corrected chi connectivity index (χ4v) is 16.3. The zero-order chi connectivity index (χ0) is 67.6. The maximum atomic E-state index is 14.9. The molecule has 10 fully saturated rings. The Hall–Kier alpha value is -8.11. The largest absolute Gasteiger partial charge is 0.368 e. The Labute approximate surface area is 543 Å². The molecule has 10 saturated heterocycles. The normalized spacial score (nSPS) is 30.8. The van der Waals surface area contributed by atoms with E-state index in [1.165, 1.54) is 55.9 Å². The van der Waals surface area contributed by atoms with Crippen LogP contribution in [0.2, 0.25) is 0 Å². The van der Waals surface area contributed by atoms with Crippen LogP contribution in [0.3, 0.4) is 0 Å². The number of amides is 15. The van der Waals surface area contributed by atoms with Crippen molar-refractivity contribution in [2.75, 3.05) is 65.4 Å². The van der Waals surface area contributed by atoms with Crippen molar-refractivity contribution in [1.82, 2.24) is 70.5 Å². The molecule has 34 heteroatoms. The number of nitrogens with two attached hydrogens (primary N) is 5. The molecule has 0 bridgehead atoms. The topological polar surface area (TPSA) is 467 Å². The molecule has 14 atom stereocenters. The van der Waals surface area contributed by atoms with E-state index in [0.29, 0.717) is 44.9 Å². The standard InChI is InChI=1S/C60H91N19O15/c1-32(80)76-30-36(67-48(82)15-17-50(84)69-65)27-46(76)60(94)75-23-4-10-39(75)54(88)71-19-6-12-41(71)56(90)78-29-33(61)24-44(78)58(92)73-21-2-8-37(73)52(86)70-18-5-11-40(70)55(89)77-28-34(62)25-45(77)59(93)74-22-3-9-38(74)53(87)72-20-7-13-42(72)57(91)79-31-35(26-43(79)51(63)85)66-47(81)14-16-49(83)68-64/h33-46H,2-31,61-62,64-65H2,1H3,(H2,63,85)(H,66,81)(H,67,82)(H,68,83)(H,69,84)/t33-,34-,35-,36-,37-,38-,39-,40-,41-,42-,43-,44-,45-,46-/m0/s1. The molecule has 516 valence electrons. The summed E-state index contributed by atoms with van der Waals surface area (Å²) in [6.07, 6.45) is 4.01. The molecule has 14 N–H and O–H groups in total. The number of hydrazine groups is 2. The van der Waals surface area contributed by atoms with Gasteiger partial charge in [-0.2, -0.15) is 0 Å². The molecule has 10 rings (SSSR count). The summed E-state index contributed by atoms with van der Waals surface area (Å²) in [6.45, 7) is 2.47. The molecule has 0 unspecified atom stereocenters. The highest BCUT2D eigenvalue weighted by atomic mass is 16.2. The van der Waals surface area contributed by atoms with Crippen molar-refractivity contribution in [2.45, 2.75) is 220 Å². The molecule has 0 radical (unpaired) electrons. The van der Waals surface area contributed by atoms with Crippen LogP contribution in [0.5, 0.6) is 0 Å². The van der Waals surface area contributed by atoms with Crippen molar-refractivity contribution in [3.8, 4) is 0 Å². The zero-order valence-corrected chi connectivity index (χ0v) is 53.3. The zero-order valence-electron chi connectivity index (χ0n) is 53.3. The Morgan fingerprint density at radius 3 is 0.851 bits per heavy atom. The van der Waals surface area contributed by atoms with Crippen LogP contribution in [-0.2, 0) is 71.9 Å². The second-order valence-corrected chi connectivity index (χ2v) is 26.9. The van der Waals surface area contributed by atoms with Gasteiger partial charge in [-0.1, -0.05) is 0 Å². The minimum Gasteiger partial charge on any atom is -0.368 e. The lowest BCUT2D eigenvalue weighted by Gasteiger charge is -2.37. The van der Waals surface area contributed by atoms with Crippen LogP contribution in [0.1, 0.15) is 135 Å². The fourth-order valence-electron chi connectivity index (χ4n) is 16.3. The van der Waals surface area contributed by atoms with E-state index in [4.69, 9.17) is 28.9 Å². The number of nitrogens with one attached hydrogen (secondary N) is 4. The van der Waals surface area contributed by atoms with Gasteiger partial charge in [-0.15, -0.1) is 0 Å². The number of nitrogens with zero attached hydrogens (tertiary/aromatic N) is 10. The molecule has 0 spiro atoms. The lowest BCUT2D eigenvalue weighted by Crippen LogP contribution is -2.59. The number of primary amides is 1. The summed E-state index contributed by atoms with van der Waals surface area (Å²) in [5.41, 5.74) is 22.7. The van der Waals surface area contributed by atoms with Gasteiger partial charge in [-0.25, -0.2) is 11.7 Å². The second kappa shape index (κ2) is 29.3. The Morgan fingerprint density at radius 1 is 0.319 bits per heavy atom. The molecular weight excluding hydrogens is 1230 g/mol. The van der Waals surface area contributed by atoms with Gasteiger partial charge in [0.1, 0.15) is 60.4 Å². The Balaban J connectivity index is 0.759. The minimum absolute atomic E-state index is 0.00329. The average molecular weight is 1320 g/mol. The van der Waals surface area contributed by atoms with Gasteiger partial charge in [0.15, 0.2) is 0 Å². The lowest BCUT2D eigenvalue weighted by atomic mass is 10.1. The van der Waals surface area contributed by atoms with Crippen molar-refractivity contribution >= 4 is 88.6 Å². The van der Waals surface area contributed by atoms with Crippen molar-refractivity contribution in [3.63, 3.8) is 0 Å². The molecule has 10 aliphatic heterocycles. The van der Waals surface area contributed by atoms with Crippen molar-refractivity contribution in [3.05, 3.63) is 0 Å². The van der Waals surface area contributed by atoms with Crippen molar-refractivity contribution < 1.29 is 71.9 Å². The van der Waals surface area contributed by atoms with E-state index in [9.17, 15) is 71.9 Å². The number of hydrogen-bond donors (Lipinski definition) is 9. The Bertz CT molecular complexity index is 2850. The molecule has 15 amide bonds. The highest BCUT2D eigenvalue weighted by molar-refractivity contribution is 6.01. The van der Waals surface area contributed by atoms with E-state index in [1.807, 2.05) is 10.9 Å². The van der Waals surface area contributed by atoms with Gasteiger partial charge in [0.25, 0.3) is 0 Å². The third-order valence-corrected chi connectivity index (χ3v) is 20.8. The third-order valence-electron chi connectivity index (χ3n) is 20.8. The van der Waals surface area contributed by atoms with E-state index in [2.05, 4.69) is 10.6 Å². The first-order valence-corrected chi connectivity index (χ1v) is 33.3. The Kier molecular flexibility index (Phi) is 21.4. The van der Waals surface area contributed by atoms with E-state index in [-0.39, 0.29) is 149 Å².